The van der Waals surface area contributed by atoms with Crippen LogP contribution in [0.4, 0.5) is 0 Å². The molecule has 2 heterocycles. The highest BCUT2D eigenvalue weighted by Gasteiger charge is 2.19. The smallest absolute Gasteiger partial charge is 0.327 e. The van der Waals surface area contributed by atoms with E-state index in [4.69, 9.17) is 10.5 Å². The van der Waals surface area contributed by atoms with E-state index in [1.165, 1.54) is 4.57 Å². The Labute approximate surface area is 137 Å². The van der Waals surface area contributed by atoms with Crippen LogP contribution >= 0.6 is 0 Å². The first-order valence-electron chi connectivity index (χ1n) is 7.50. The molecule has 0 radical (unpaired) electrons. The van der Waals surface area contributed by atoms with Gasteiger partial charge < -0.3 is 15.5 Å². The molecule has 0 aliphatic rings. The molecule has 1 amide bonds. The van der Waals surface area contributed by atoms with Crippen LogP contribution in [-0.4, -0.2) is 32.5 Å². The first kappa shape index (κ1) is 15.7. The maximum atomic E-state index is 12.1. The summed E-state index contributed by atoms with van der Waals surface area (Å²) < 4.78 is 6.61. The van der Waals surface area contributed by atoms with Crippen LogP contribution in [0.3, 0.4) is 0 Å². The molecule has 3 aromatic rings. The number of amides is 1. The van der Waals surface area contributed by atoms with Gasteiger partial charge in [0.15, 0.2) is 17.2 Å². The lowest BCUT2D eigenvalue weighted by atomic mass is 10.2. The number of nitrogens with two attached hydrogens (primary N) is 1. The SMILES string of the molecule is CCCn1c(=O)[nH]c2c(C(N)=O)nc(-c3ccc(OC)cc3)nc21. The predicted molar refractivity (Wildman–Crippen MR) is 88.9 cm³/mol. The van der Waals surface area contributed by atoms with Gasteiger partial charge >= 0.3 is 5.69 Å². The van der Waals surface area contributed by atoms with Gasteiger partial charge in [-0.05, 0) is 30.7 Å². The zero-order valence-electron chi connectivity index (χ0n) is 13.4. The first-order valence-corrected chi connectivity index (χ1v) is 7.50. The molecule has 24 heavy (non-hydrogen) atoms. The molecule has 3 rings (SSSR count). The van der Waals surface area contributed by atoms with Gasteiger partial charge in [0.25, 0.3) is 5.91 Å². The highest BCUT2D eigenvalue weighted by molar-refractivity contribution is 6.01. The molecular weight excluding hydrogens is 310 g/mol. The monoisotopic (exact) mass is 327 g/mol. The molecule has 0 bridgehead atoms. The molecule has 0 aliphatic carbocycles. The molecule has 0 atom stereocenters. The summed E-state index contributed by atoms with van der Waals surface area (Å²) in [5.74, 6) is 0.296. The number of carbonyl (C=O) groups excluding carboxylic acids is 1. The third-order valence-corrected chi connectivity index (χ3v) is 3.65. The fraction of sp³-hybridized carbons (Fsp3) is 0.250. The van der Waals surface area contributed by atoms with Crippen molar-refractivity contribution in [2.45, 2.75) is 19.9 Å². The fourth-order valence-electron chi connectivity index (χ4n) is 2.51. The number of primary amides is 1. The number of aryl methyl sites for hydroxylation is 1. The Hall–Kier alpha value is -3.16. The molecule has 0 unspecified atom stereocenters. The minimum Gasteiger partial charge on any atom is -0.497 e. The number of benzene rings is 1. The quantitative estimate of drug-likeness (QED) is 0.733. The minimum absolute atomic E-state index is 0.00206. The zero-order valence-corrected chi connectivity index (χ0v) is 13.4. The fourth-order valence-corrected chi connectivity index (χ4v) is 2.51. The Morgan fingerprint density at radius 1 is 1.29 bits per heavy atom. The van der Waals surface area contributed by atoms with Crippen LogP contribution in [0.2, 0.25) is 0 Å². The third kappa shape index (κ3) is 2.62. The number of fused-ring (bicyclic) bond motifs is 1. The van der Waals surface area contributed by atoms with E-state index in [-0.39, 0.29) is 16.9 Å². The highest BCUT2D eigenvalue weighted by atomic mass is 16.5. The Balaban J connectivity index is 2.26. The predicted octanol–water partition coefficient (Wildman–Crippen LogP) is 1.30. The van der Waals surface area contributed by atoms with Crippen LogP contribution in [0.5, 0.6) is 5.75 Å². The number of H-pyrrole nitrogens is 1. The summed E-state index contributed by atoms with van der Waals surface area (Å²) in [4.78, 5) is 35.2. The number of nitrogens with zero attached hydrogens (tertiary/aromatic N) is 3. The van der Waals surface area contributed by atoms with Gasteiger partial charge in [0.1, 0.15) is 11.3 Å². The van der Waals surface area contributed by atoms with E-state index in [0.717, 1.165) is 6.42 Å². The summed E-state index contributed by atoms with van der Waals surface area (Å²) in [5, 5.41) is 0. The molecular formula is C16H17N5O3. The summed E-state index contributed by atoms with van der Waals surface area (Å²) >= 11 is 0. The van der Waals surface area contributed by atoms with E-state index in [1.807, 2.05) is 6.92 Å². The van der Waals surface area contributed by atoms with Crippen molar-refractivity contribution in [3.8, 4) is 17.1 Å². The largest absolute Gasteiger partial charge is 0.497 e. The van der Waals surface area contributed by atoms with Crippen molar-refractivity contribution < 1.29 is 9.53 Å². The standard InChI is InChI=1S/C16H17N5O3/c1-3-8-21-15-12(19-16(21)23)11(13(17)22)18-14(20-15)9-4-6-10(24-2)7-5-9/h4-7H,3,8H2,1-2H3,(H2,17,22)(H,19,23). The van der Waals surface area contributed by atoms with Crippen molar-refractivity contribution in [2.75, 3.05) is 7.11 Å². The van der Waals surface area contributed by atoms with E-state index in [9.17, 15) is 9.59 Å². The van der Waals surface area contributed by atoms with Crippen LogP contribution in [0, 0.1) is 0 Å². The summed E-state index contributed by atoms with van der Waals surface area (Å²) in [5.41, 5.74) is 6.41. The van der Waals surface area contributed by atoms with Crippen molar-refractivity contribution in [3.05, 3.63) is 40.4 Å². The summed E-state index contributed by atoms with van der Waals surface area (Å²) in [7, 11) is 1.58. The summed E-state index contributed by atoms with van der Waals surface area (Å²) in [6, 6.07) is 7.09. The summed E-state index contributed by atoms with van der Waals surface area (Å²) in [6.45, 7) is 2.43. The number of hydrogen-bond acceptors (Lipinski definition) is 5. The number of hydrogen-bond donors (Lipinski definition) is 2. The van der Waals surface area contributed by atoms with Gasteiger partial charge in [-0.2, -0.15) is 0 Å². The van der Waals surface area contributed by atoms with Gasteiger partial charge in [-0.1, -0.05) is 6.92 Å². The number of aromatic nitrogens is 4. The lowest BCUT2D eigenvalue weighted by Gasteiger charge is -2.06. The van der Waals surface area contributed by atoms with Crippen molar-refractivity contribution >= 4 is 17.1 Å². The lowest BCUT2D eigenvalue weighted by molar-refractivity contribution is 0.0997. The second-order valence-electron chi connectivity index (χ2n) is 5.27. The van der Waals surface area contributed by atoms with Crippen LogP contribution in [0.25, 0.3) is 22.6 Å². The van der Waals surface area contributed by atoms with Gasteiger partial charge in [0, 0.05) is 12.1 Å². The Bertz CT molecular complexity index is 956. The van der Waals surface area contributed by atoms with Gasteiger partial charge in [-0.3, -0.25) is 9.36 Å². The van der Waals surface area contributed by atoms with Gasteiger partial charge in [-0.25, -0.2) is 14.8 Å². The van der Waals surface area contributed by atoms with Crippen LogP contribution < -0.4 is 16.2 Å². The average Bonchev–Trinajstić information content (AvgIpc) is 2.90. The Morgan fingerprint density at radius 3 is 2.58 bits per heavy atom. The van der Waals surface area contributed by atoms with E-state index in [0.29, 0.717) is 29.3 Å². The molecule has 8 heteroatoms. The minimum atomic E-state index is -0.720. The number of imidazole rings is 1. The van der Waals surface area contributed by atoms with Crippen LogP contribution in [0.1, 0.15) is 23.8 Å². The molecule has 0 spiro atoms. The van der Waals surface area contributed by atoms with Gasteiger partial charge in [0.05, 0.1) is 7.11 Å². The normalized spacial score (nSPS) is 10.9. The van der Waals surface area contributed by atoms with Crippen molar-refractivity contribution in [1.29, 1.82) is 0 Å². The van der Waals surface area contributed by atoms with E-state index in [2.05, 4.69) is 15.0 Å². The van der Waals surface area contributed by atoms with Gasteiger partial charge in [-0.15, -0.1) is 0 Å². The maximum Gasteiger partial charge on any atom is 0.327 e. The highest BCUT2D eigenvalue weighted by Crippen LogP contribution is 2.22. The molecule has 0 aliphatic heterocycles. The zero-order chi connectivity index (χ0) is 17.3. The van der Waals surface area contributed by atoms with Gasteiger partial charge in [0.2, 0.25) is 0 Å². The molecule has 3 N–H and O–H groups in total. The molecule has 8 nitrogen and oxygen atoms in total. The van der Waals surface area contributed by atoms with Crippen LogP contribution in [0.15, 0.2) is 29.1 Å². The van der Waals surface area contributed by atoms with E-state index < -0.39 is 5.91 Å². The second kappa shape index (κ2) is 6.15. The first-order chi connectivity index (χ1) is 11.5. The summed E-state index contributed by atoms with van der Waals surface area (Å²) in [6.07, 6.45) is 0.751. The molecule has 1 aromatic carbocycles. The van der Waals surface area contributed by atoms with E-state index >= 15 is 0 Å². The number of nitrogens with one attached hydrogen (secondary N) is 1. The number of carbonyl (C=O) groups is 1. The lowest BCUT2D eigenvalue weighted by Crippen LogP contribution is -2.16. The third-order valence-electron chi connectivity index (χ3n) is 3.65. The number of rotatable bonds is 5. The van der Waals surface area contributed by atoms with Crippen molar-refractivity contribution in [3.63, 3.8) is 0 Å². The topological polar surface area (TPSA) is 116 Å². The van der Waals surface area contributed by atoms with Crippen molar-refractivity contribution in [2.24, 2.45) is 5.73 Å². The average molecular weight is 327 g/mol. The molecule has 0 fully saturated rings. The molecule has 0 saturated carbocycles. The molecule has 124 valence electrons. The second-order valence-corrected chi connectivity index (χ2v) is 5.27. The van der Waals surface area contributed by atoms with E-state index in [1.54, 1.807) is 31.4 Å². The van der Waals surface area contributed by atoms with Crippen molar-refractivity contribution in [1.82, 2.24) is 19.5 Å². The Kier molecular flexibility index (Phi) is 4.03. The van der Waals surface area contributed by atoms with Crippen LogP contribution in [-0.2, 0) is 6.54 Å². The number of aromatic amines is 1. The number of methoxy groups -OCH3 is 1. The molecule has 2 aromatic heterocycles. The number of ether oxygens (including phenoxy) is 1. The molecule has 0 saturated heterocycles. The maximum absolute atomic E-state index is 12.1. The Morgan fingerprint density at radius 2 is 2.00 bits per heavy atom.